The number of aliphatic carboxylic acids is 1. The maximum atomic E-state index is 12.6. The van der Waals surface area contributed by atoms with Crippen LogP contribution < -0.4 is 5.43 Å². The monoisotopic (exact) mass is 456 g/mol. The third-order valence-corrected chi connectivity index (χ3v) is 5.43. The highest BCUT2D eigenvalue weighted by Crippen LogP contribution is 2.29. The van der Waals surface area contributed by atoms with Crippen molar-refractivity contribution in [2.24, 2.45) is 5.10 Å². The summed E-state index contributed by atoms with van der Waals surface area (Å²) >= 11 is 0. The highest BCUT2D eigenvalue weighted by Gasteiger charge is 2.26. The van der Waals surface area contributed by atoms with E-state index in [4.69, 9.17) is 0 Å². The molecule has 4 rings (SSSR count). The molecule has 9 nitrogen and oxygen atoms in total. The predicted molar refractivity (Wildman–Crippen MR) is 127 cm³/mol. The lowest BCUT2D eigenvalue weighted by Crippen LogP contribution is -2.23. The van der Waals surface area contributed by atoms with E-state index in [1.165, 1.54) is 24.3 Å². The molecule has 1 aromatic heterocycles. The van der Waals surface area contributed by atoms with Gasteiger partial charge in [-0.2, -0.15) is 5.10 Å². The molecule has 34 heavy (non-hydrogen) atoms. The van der Waals surface area contributed by atoms with Gasteiger partial charge in [-0.25, -0.2) is 5.43 Å². The van der Waals surface area contributed by atoms with Crippen LogP contribution >= 0.6 is 0 Å². The number of benzene rings is 3. The summed E-state index contributed by atoms with van der Waals surface area (Å²) < 4.78 is 0. The smallest absolute Gasteiger partial charge is 0.311 e. The van der Waals surface area contributed by atoms with Gasteiger partial charge in [-0.05, 0) is 29.3 Å². The van der Waals surface area contributed by atoms with E-state index >= 15 is 0 Å². The van der Waals surface area contributed by atoms with E-state index in [9.17, 15) is 24.8 Å². The SMILES string of the molecule is O=C(N/N=C(/CC(C(=O)O)c1c[nH]c2ccccc12)c1ccccc1)c1ccc([N+](=O)[O-])cc1. The molecule has 3 N–H and O–H groups in total. The van der Waals surface area contributed by atoms with Gasteiger partial charge in [0.15, 0.2) is 0 Å². The number of carbonyl (C=O) groups excluding carboxylic acids is 1. The fourth-order valence-electron chi connectivity index (χ4n) is 3.68. The summed E-state index contributed by atoms with van der Waals surface area (Å²) in [7, 11) is 0. The zero-order valence-corrected chi connectivity index (χ0v) is 17.8. The first kappa shape index (κ1) is 22.4. The largest absolute Gasteiger partial charge is 0.481 e. The van der Waals surface area contributed by atoms with Crippen LogP contribution in [-0.2, 0) is 4.79 Å². The quantitative estimate of drug-likeness (QED) is 0.204. The molecule has 0 bridgehead atoms. The minimum atomic E-state index is -1.02. The molecule has 0 aliphatic rings. The normalized spacial score (nSPS) is 12.3. The van der Waals surface area contributed by atoms with Crippen molar-refractivity contribution in [3.63, 3.8) is 0 Å². The number of carboxylic acid groups (broad SMARTS) is 1. The first-order valence-electron chi connectivity index (χ1n) is 10.4. The number of hydrogen-bond acceptors (Lipinski definition) is 5. The Balaban J connectivity index is 1.64. The van der Waals surface area contributed by atoms with Crippen LogP contribution in [0.4, 0.5) is 5.69 Å². The Morgan fingerprint density at radius 3 is 2.32 bits per heavy atom. The molecule has 1 amide bonds. The van der Waals surface area contributed by atoms with Gasteiger partial charge in [0, 0.05) is 41.2 Å². The number of aromatic amines is 1. The molecule has 1 atom stereocenters. The number of nitrogens with one attached hydrogen (secondary N) is 2. The van der Waals surface area contributed by atoms with Gasteiger partial charge in [0.25, 0.3) is 11.6 Å². The van der Waals surface area contributed by atoms with Crippen molar-refractivity contribution < 1.29 is 19.6 Å². The van der Waals surface area contributed by atoms with Crippen molar-refractivity contribution in [1.82, 2.24) is 10.4 Å². The second kappa shape index (κ2) is 9.78. The number of non-ortho nitro benzene ring substituents is 1. The lowest BCUT2D eigenvalue weighted by molar-refractivity contribution is -0.384. The van der Waals surface area contributed by atoms with Crippen LogP contribution in [0.15, 0.2) is 90.2 Å². The lowest BCUT2D eigenvalue weighted by atomic mass is 9.91. The van der Waals surface area contributed by atoms with Crippen molar-refractivity contribution in [1.29, 1.82) is 0 Å². The van der Waals surface area contributed by atoms with Gasteiger partial charge in [-0.3, -0.25) is 19.7 Å². The van der Waals surface area contributed by atoms with Crippen molar-refractivity contribution in [2.45, 2.75) is 12.3 Å². The molecule has 0 aliphatic carbocycles. The maximum Gasteiger partial charge on any atom is 0.311 e. The van der Waals surface area contributed by atoms with E-state index in [2.05, 4.69) is 15.5 Å². The number of para-hydroxylation sites is 1. The highest BCUT2D eigenvalue weighted by molar-refractivity contribution is 6.05. The number of nitro benzene ring substituents is 1. The van der Waals surface area contributed by atoms with Crippen molar-refractivity contribution in [3.05, 3.63) is 112 Å². The molecular formula is C25H20N4O5. The van der Waals surface area contributed by atoms with Gasteiger partial charge < -0.3 is 10.1 Å². The van der Waals surface area contributed by atoms with Gasteiger partial charge in [-0.15, -0.1) is 0 Å². The number of carbonyl (C=O) groups is 2. The number of H-pyrrole nitrogens is 1. The van der Waals surface area contributed by atoms with Gasteiger partial charge in [0.05, 0.1) is 16.6 Å². The average Bonchev–Trinajstić information content (AvgIpc) is 3.28. The molecule has 3 aromatic carbocycles. The van der Waals surface area contributed by atoms with Gasteiger partial charge >= 0.3 is 5.97 Å². The van der Waals surface area contributed by atoms with Gasteiger partial charge in [0.1, 0.15) is 0 Å². The van der Waals surface area contributed by atoms with Crippen molar-refractivity contribution >= 4 is 34.2 Å². The molecule has 9 heteroatoms. The molecule has 0 saturated carbocycles. The Bertz CT molecular complexity index is 1380. The molecule has 170 valence electrons. The van der Waals surface area contributed by atoms with E-state index in [0.29, 0.717) is 16.8 Å². The third kappa shape index (κ3) is 4.83. The second-order valence-electron chi connectivity index (χ2n) is 7.55. The number of carboxylic acids is 1. The van der Waals surface area contributed by atoms with E-state index in [-0.39, 0.29) is 17.7 Å². The zero-order valence-electron chi connectivity index (χ0n) is 17.8. The molecule has 0 aliphatic heterocycles. The number of fused-ring (bicyclic) bond motifs is 1. The predicted octanol–water partition coefficient (Wildman–Crippen LogP) is 4.47. The van der Waals surface area contributed by atoms with Crippen LogP contribution in [0, 0.1) is 10.1 Å². The van der Waals surface area contributed by atoms with Crippen LogP contribution in [-0.4, -0.2) is 32.6 Å². The summed E-state index contributed by atoms with van der Waals surface area (Å²) in [4.78, 5) is 38.2. The lowest BCUT2D eigenvalue weighted by Gasteiger charge is -2.14. The first-order valence-corrected chi connectivity index (χ1v) is 10.4. The number of nitro groups is 1. The third-order valence-electron chi connectivity index (χ3n) is 5.43. The summed E-state index contributed by atoms with van der Waals surface area (Å²) in [5, 5.41) is 25.9. The van der Waals surface area contributed by atoms with Crippen LogP contribution in [0.25, 0.3) is 10.9 Å². The Labute approximate surface area is 193 Å². The Kier molecular flexibility index (Phi) is 6.45. The number of rotatable bonds is 8. The molecule has 0 saturated heterocycles. The van der Waals surface area contributed by atoms with Crippen molar-refractivity contribution in [3.8, 4) is 0 Å². The Hall–Kier alpha value is -4.79. The Morgan fingerprint density at radius 1 is 0.971 bits per heavy atom. The zero-order chi connectivity index (χ0) is 24.1. The fraction of sp³-hybridized carbons (Fsp3) is 0.0800. The maximum absolute atomic E-state index is 12.6. The Morgan fingerprint density at radius 2 is 1.65 bits per heavy atom. The number of aromatic nitrogens is 1. The number of hydrogen-bond donors (Lipinski definition) is 3. The molecule has 1 unspecified atom stereocenters. The minimum Gasteiger partial charge on any atom is -0.481 e. The topological polar surface area (TPSA) is 138 Å². The molecule has 0 spiro atoms. The number of amides is 1. The molecular weight excluding hydrogens is 436 g/mol. The van der Waals surface area contributed by atoms with E-state index in [1.54, 1.807) is 30.5 Å². The van der Waals surface area contributed by atoms with E-state index in [1.807, 2.05) is 30.3 Å². The standard InChI is InChI=1S/C25H20N4O5/c30-24(17-10-12-18(13-11-17)29(33)34)28-27-23(16-6-2-1-3-7-16)14-20(25(31)32)21-15-26-22-9-5-4-8-19(21)22/h1-13,15,20,26H,14H2,(H,28,30)(H,31,32)/b27-23-. The average molecular weight is 456 g/mol. The second-order valence-corrected chi connectivity index (χ2v) is 7.55. The highest BCUT2D eigenvalue weighted by atomic mass is 16.6. The minimum absolute atomic E-state index is 0.0295. The van der Waals surface area contributed by atoms with E-state index < -0.39 is 22.7 Å². The summed E-state index contributed by atoms with van der Waals surface area (Å²) in [6, 6.07) is 21.5. The van der Waals surface area contributed by atoms with Crippen molar-refractivity contribution in [2.75, 3.05) is 0 Å². The van der Waals surface area contributed by atoms with E-state index in [0.717, 1.165) is 10.9 Å². The number of nitrogens with zero attached hydrogens (tertiary/aromatic N) is 2. The van der Waals surface area contributed by atoms with Crippen LogP contribution in [0.3, 0.4) is 0 Å². The molecule has 4 aromatic rings. The first-order chi connectivity index (χ1) is 16.4. The number of hydrazone groups is 1. The summed E-state index contributed by atoms with van der Waals surface area (Å²) in [6.45, 7) is 0. The molecule has 1 heterocycles. The van der Waals surface area contributed by atoms with Crippen LogP contribution in [0.1, 0.15) is 33.8 Å². The van der Waals surface area contributed by atoms with Crippen LogP contribution in [0.5, 0.6) is 0 Å². The fourth-order valence-corrected chi connectivity index (χ4v) is 3.68. The van der Waals surface area contributed by atoms with Gasteiger partial charge in [-0.1, -0.05) is 48.5 Å². The van der Waals surface area contributed by atoms with Gasteiger partial charge in [0.2, 0.25) is 0 Å². The summed E-state index contributed by atoms with van der Waals surface area (Å²) in [5.41, 5.74) is 5.00. The summed E-state index contributed by atoms with van der Waals surface area (Å²) in [5.74, 6) is -2.50. The molecule has 0 radical (unpaired) electrons. The molecule has 0 fully saturated rings. The van der Waals surface area contributed by atoms with Crippen LogP contribution in [0.2, 0.25) is 0 Å². The summed E-state index contributed by atoms with van der Waals surface area (Å²) in [6.07, 6.45) is 1.71.